The maximum atomic E-state index is 5.10. The van der Waals surface area contributed by atoms with E-state index in [4.69, 9.17) is 4.74 Å². The van der Waals surface area contributed by atoms with Crippen LogP contribution in [0.4, 0.5) is 0 Å². The van der Waals surface area contributed by atoms with Gasteiger partial charge in [-0.2, -0.15) is 11.8 Å². The molecule has 1 aliphatic rings. The molecule has 1 aromatic carbocycles. The summed E-state index contributed by atoms with van der Waals surface area (Å²) in [7, 11) is 1.73. The molecule has 1 aliphatic heterocycles. The van der Waals surface area contributed by atoms with Crippen molar-refractivity contribution in [3.8, 4) is 0 Å². The van der Waals surface area contributed by atoms with Gasteiger partial charge in [-0.25, -0.2) is 0 Å². The fourth-order valence-electron chi connectivity index (χ4n) is 2.08. The zero-order valence-corrected chi connectivity index (χ0v) is 11.3. The molecule has 0 atom stereocenters. The van der Waals surface area contributed by atoms with Gasteiger partial charge < -0.3 is 10.1 Å². The molecule has 1 saturated heterocycles. The third kappa shape index (κ3) is 4.34. The summed E-state index contributed by atoms with van der Waals surface area (Å²) >= 11 is 2.07. The molecule has 2 rings (SSSR count). The predicted octanol–water partition coefficient (Wildman–Crippen LogP) is 2.82. The van der Waals surface area contributed by atoms with Gasteiger partial charge in [0.25, 0.3) is 0 Å². The monoisotopic (exact) mass is 251 g/mol. The van der Waals surface area contributed by atoms with Gasteiger partial charge in [0.2, 0.25) is 0 Å². The van der Waals surface area contributed by atoms with Crippen LogP contribution in [0.25, 0.3) is 0 Å². The van der Waals surface area contributed by atoms with Crippen molar-refractivity contribution in [2.75, 3.05) is 18.6 Å². The number of thioether (sulfide) groups is 1. The van der Waals surface area contributed by atoms with Crippen molar-refractivity contribution in [3.05, 3.63) is 35.4 Å². The van der Waals surface area contributed by atoms with Gasteiger partial charge in [0, 0.05) is 19.7 Å². The number of hydrogen-bond acceptors (Lipinski definition) is 3. The van der Waals surface area contributed by atoms with E-state index in [0.717, 1.165) is 12.6 Å². The third-order valence-electron chi connectivity index (χ3n) is 3.15. The van der Waals surface area contributed by atoms with E-state index >= 15 is 0 Å². The molecular formula is C14H21NOS. The second-order valence-electron chi connectivity index (χ2n) is 4.52. The van der Waals surface area contributed by atoms with Gasteiger partial charge in [-0.1, -0.05) is 24.3 Å². The highest BCUT2D eigenvalue weighted by Gasteiger charge is 2.12. The zero-order chi connectivity index (χ0) is 11.9. The summed E-state index contributed by atoms with van der Waals surface area (Å²) in [6.07, 6.45) is 2.62. The van der Waals surface area contributed by atoms with E-state index in [1.54, 1.807) is 7.11 Å². The summed E-state index contributed by atoms with van der Waals surface area (Å²) in [6.45, 7) is 1.69. The lowest BCUT2D eigenvalue weighted by molar-refractivity contribution is 0.185. The molecule has 17 heavy (non-hydrogen) atoms. The standard InChI is InChI=1S/C14H21NOS/c1-16-11-13-4-2-12(3-5-13)10-15-14-6-8-17-9-7-14/h2-5,14-15H,6-11H2,1H3. The molecule has 1 heterocycles. The molecule has 0 radical (unpaired) electrons. The molecule has 0 spiro atoms. The quantitative estimate of drug-likeness (QED) is 0.869. The summed E-state index contributed by atoms with van der Waals surface area (Å²) < 4.78 is 5.10. The maximum absolute atomic E-state index is 5.10. The van der Waals surface area contributed by atoms with Gasteiger partial charge in [-0.3, -0.25) is 0 Å². The second-order valence-corrected chi connectivity index (χ2v) is 5.74. The molecule has 2 nitrogen and oxygen atoms in total. The van der Waals surface area contributed by atoms with E-state index in [9.17, 15) is 0 Å². The normalized spacial score (nSPS) is 17.2. The molecule has 0 bridgehead atoms. The third-order valence-corrected chi connectivity index (χ3v) is 4.20. The summed E-state index contributed by atoms with van der Waals surface area (Å²) in [5, 5.41) is 3.64. The molecule has 3 heteroatoms. The fourth-order valence-corrected chi connectivity index (χ4v) is 3.19. The smallest absolute Gasteiger partial charge is 0.0713 e. The van der Waals surface area contributed by atoms with Crippen LogP contribution in [0.3, 0.4) is 0 Å². The van der Waals surface area contributed by atoms with Crippen molar-refractivity contribution in [2.24, 2.45) is 0 Å². The van der Waals surface area contributed by atoms with Crippen LogP contribution in [0.5, 0.6) is 0 Å². The van der Waals surface area contributed by atoms with E-state index in [2.05, 4.69) is 41.3 Å². The van der Waals surface area contributed by atoms with Gasteiger partial charge in [-0.15, -0.1) is 0 Å². The minimum absolute atomic E-state index is 0.702. The van der Waals surface area contributed by atoms with Crippen LogP contribution < -0.4 is 5.32 Å². The molecule has 1 aromatic rings. The van der Waals surface area contributed by atoms with Crippen molar-refractivity contribution in [2.45, 2.75) is 32.0 Å². The van der Waals surface area contributed by atoms with Crippen LogP contribution >= 0.6 is 11.8 Å². The van der Waals surface area contributed by atoms with Gasteiger partial charge in [0.1, 0.15) is 0 Å². The molecular weight excluding hydrogens is 230 g/mol. The average Bonchev–Trinajstić information content (AvgIpc) is 2.40. The van der Waals surface area contributed by atoms with Crippen molar-refractivity contribution in [1.29, 1.82) is 0 Å². The predicted molar refractivity (Wildman–Crippen MR) is 74.3 cm³/mol. The Labute approximate surface area is 108 Å². The van der Waals surface area contributed by atoms with Crippen molar-refractivity contribution in [3.63, 3.8) is 0 Å². The number of rotatable bonds is 5. The first-order chi connectivity index (χ1) is 8.38. The first-order valence-electron chi connectivity index (χ1n) is 6.26. The molecule has 0 amide bonds. The van der Waals surface area contributed by atoms with Gasteiger partial charge in [0.15, 0.2) is 0 Å². The Bertz CT molecular complexity index is 319. The van der Waals surface area contributed by atoms with E-state index in [-0.39, 0.29) is 0 Å². The van der Waals surface area contributed by atoms with Crippen molar-refractivity contribution >= 4 is 11.8 Å². The van der Waals surface area contributed by atoms with Gasteiger partial charge in [0.05, 0.1) is 6.61 Å². The van der Waals surface area contributed by atoms with Crippen LogP contribution in [0.1, 0.15) is 24.0 Å². The highest BCUT2D eigenvalue weighted by molar-refractivity contribution is 7.99. The van der Waals surface area contributed by atoms with Crippen molar-refractivity contribution in [1.82, 2.24) is 5.32 Å². The Morgan fingerprint density at radius 3 is 2.47 bits per heavy atom. The van der Waals surface area contributed by atoms with Crippen LogP contribution in [-0.4, -0.2) is 24.7 Å². The molecule has 0 unspecified atom stereocenters. The molecule has 0 aliphatic carbocycles. The van der Waals surface area contributed by atoms with E-state index in [0.29, 0.717) is 6.61 Å². The van der Waals surface area contributed by atoms with Gasteiger partial charge >= 0.3 is 0 Å². The summed E-state index contributed by atoms with van der Waals surface area (Å²) in [4.78, 5) is 0. The first kappa shape index (κ1) is 12.9. The highest BCUT2D eigenvalue weighted by atomic mass is 32.2. The largest absolute Gasteiger partial charge is 0.380 e. The van der Waals surface area contributed by atoms with E-state index in [1.165, 1.54) is 35.5 Å². The first-order valence-corrected chi connectivity index (χ1v) is 7.42. The molecule has 0 aromatic heterocycles. The van der Waals surface area contributed by atoms with Crippen LogP contribution in [0.2, 0.25) is 0 Å². The van der Waals surface area contributed by atoms with Crippen LogP contribution in [0.15, 0.2) is 24.3 Å². The zero-order valence-electron chi connectivity index (χ0n) is 10.4. The maximum Gasteiger partial charge on any atom is 0.0713 e. The lowest BCUT2D eigenvalue weighted by atomic mass is 10.1. The molecule has 1 N–H and O–H groups in total. The number of hydrogen-bond donors (Lipinski definition) is 1. The number of ether oxygens (including phenoxy) is 1. The lowest BCUT2D eigenvalue weighted by Gasteiger charge is -2.22. The summed E-state index contributed by atoms with van der Waals surface area (Å²) in [5.74, 6) is 2.62. The fraction of sp³-hybridized carbons (Fsp3) is 0.571. The summed E-state index contributed by atoms with van der Waals surface area (Å²) in [6, 6.07) is 9.40. The topological polar surface area (TPSA) is 21.3 Å². The van der Waals surface area contributed by atoms with Crippen LogP contribution in [0, 0.1) is 0 Å². The summed E-state index contributed by atoms with van der Waals surface area (Å²) in [5.41, 5.74) is 2.60. The molecule has 94 valence electrons. The Kier molecular flexibility index (Phi) is 5.36. The lowest BCUT2D eigenvalue weighted by Crippen LogP contribution is -2.31. The minimum atomic E-state index is 0.702. The van der Waals surface area contributed by atoms with E-state index in [1.807, 2.05) is 0 Å². The van der Waals surface area contributed by atoms with Crippen LogP contribution in [-0.2, 0) is 17.9 Å². The van der Waals surface area contributed by atoms with E-state index < -0.39 is 0 Å². The van der Waals surface area contributed by atoms with Gasteiger partial charge in [-0.05, 0) is 35.5 Å². The number of nitrogens with one attached hydrogen (secondary N) is 1. The number of methoxy groups -OCH3 is 1. The molecule has 0 saturated carbocycles. The average molecular weight is 251 g/mol. The Hall–Kier alpha value is -0.510. The SMILES string of the molecule is COCc1ccc(CNC2CCSCC2)cc1. The van der Waals surface area contributed by atoms with Crippen molar-refractivity contribution < 1.29 is 4.74 Å². The minimum Gasteiger partial charge on any atom is -0.380 e. The Morgan fingerprint density at radius 2 is 1.82 bits per heavy atom. The highest BCUT2D eigenvalue weighted by Crippen LogP contribution is 2.17. The Balaban J connectivity index is 1.77. The Morgan fingerprint density at radius 1 is 1.18 bits per heavy atom. The molecule has 1 fully saturated rings. The second kappa shape index (κ2) is 7.04. The number of benzene rings is 1.